The van der Waals surface area contributed by atoms with Crippen LogP contribution in [0.15, 0.2) is 12.1 Å². The van der Waals surface area contributed by atoms with Crippen molar-refractivity contribution in [2.45, 2.75) is 19.7 Å². The summed E-state index contributed by atoms with van der Waals surface area (Å²) >= 11 is 5.55. The van der Waals surface area contributed by atoms with Gasteiger partial charge >= 0.3 is 0 Å². The first-order chi connectivity index (χ1) is 5.15. The quantitative estimate of drug-likeness (QED) is 0.571. The van der Waals surface area contributed by atoms with Gasteiger partial charge in [-0.05, 0) is 31.0 Å². The number of aryl methyl sites for hydroxylation is 2. The molecule has 0 spiro atoms. The van der Waals surface area contributed by atoms with Gasteiger partial charge in [0.25, 0.3) is 0 Å². The van der Waals surface area contributed by atoms with Gasteiger partial charge in [-0.3, -0.25) is 0 Å². The van der Waals surface area contributed by atoms with E-state index in [1.807, 2.05) is 19.9 Å². The van der Waals surface area contributed by atoms with E-state index in [-0.39, 0.29) is 11.7 Å². The first-order valence-electron chi connectivity index (χ1n) is 3.46. The predicted molar refractivity (Wildman–Crippen MR) is 45.4 cm³/mol. The highest BCUT2D eigenvalue weighted by Gasteiger charge is 2.04. The molecular formula is C9H10ClF. The molecule has 1 rings (SSSR count). The lowest BCUT2D eigenvalue weighted by Gasteiger charge is -2.04. The zero-order chi connectivity index (χ0) is 8.43. The Kier molecular flexibility index (Phi) is 2.50. The molecule has 0 atom stereocenters. The maximum atomic E-state index is 13.0. The molecule has 1 aromatic rings. The number of halogens is 2. The minimum atomic E-state index is -0.197. The Labute approximate surface area is 71.0 Å². The summed E-state index contributed by atoms with van der Waals surface area (Å²) in [5.41, 5.74) is 2.48. The van der Waals surface area contributed by atoms with Gasteiger partial charge in [0.1, 0.15) is 5.82 Å². The van der Waals surface area contributed by atoms with E-state index in [2.05, 4.69) is 0 Å². The minimum absolute atomic E-state index is 0.197. The van der Waals surface area contributed by atoms with Crippen molar-refractivity contribution in [2.75, 3.05) is 0 Å². The Balaban J connectivity index is 3.25. The molecule has 0 aliphatic carbocycles. The zero-order valence-corrected chi connectivity index (χ0v) is 7.37. The van der Waals surface area contributed by atoms with Crippen LogP contribution in [0.5, 0.6) is 0 Å². The van der Waals surface area contributed by atoms with E-state index in [1.165, 1.54) is 6.07 Å². The van der Waals surface area contributed by atoms with Crippen LogP contribution in [0, 0.1) is 19.7 Å². The molecule has 1 aromatic carbocycles. The van der Waals surface area contributed by atoms with Gasteiger partial charge < -0.3 is 0 Å². The standard InChI is InChI=1S/C9H10ClF/c1-6-3-7(2)8(5-10)9(11)4-6/h3-4H,5H2,1-2H3. The lowest BCUT2D eigenvalue weighted by Crippen LogP contribution is -1.91. The van der Waals surface area contributed by atoms with Gasteiger partial charge in [0.2, 0.25) is 0 Å². The van der Waals surface area contributed by atoms with Crippen molar-refractivity contribution in [1.82, 2.24) is 0 Å². The highest BCUT2D eigenvalue weighted by Crippen LogP contribution is 2.17. The molecule has 0 nitrogen and oxygen atoms in total. The van der Waals surface area contributed by atoms with Crippen molar-refractivity contribution in [2.24, 2.45) is 0 Å². The van der Waals surface area contributed by atoms with E-state index in [9.17, 15) is 4.39 Å². The summed E-state index contributed by atoms with van der Waals surface area (Å²) in [4.78, 5) is 0. The minimum Gasteiger partial charge on any atom is -0.207 e. The van der Waals surface area contributed by atoms with Crippen LogP contribution < -0.4 is 0 Å². The van der Waals surface area contributed by atoms with Gasteiger partial charge in [0.05, 0.1) is 5.88 Å². The van der Waals surface area contributed by atoms with Crippen LogP contribution >= 0.6 is 11.6 Å². The third-order valence-corrected chi connectivity index (χ3v) is 1.96. The molecule has 11 heavy (non-hydrogen) atoms. The Morgan fingerprint density at radius 1 is 1.36 bits per heavy atom. The van der Waals surface area contributed by atoms with Crippen molar-refractivity contribution in [1.29, 1.82) is 0 Å². The molecule has 60 valence electrons. The average Bonchev–Trinajstić information content (AvgIpc) is 1.85. The first-order valence-corrected chi connectivity index (χ1v) is 4.00. The van der Waals surface area contributed by atoms with E-state index in [1.54, 1.807) is 0 Å². The second kappa shape index (κ2) is 3.22. The highest BCUT2D eigenvalue weighted by atomic mass is 35.5. The molecular weight excluding hydrogens is 163 g/mol. The first kappa shape index (κ1) is 8.54. The molecule has 0 aromatic heterocycles. The molecule has 0 heterocycles. The Hall–Kier alpha value is -0.560. The molecule has 0 bridgehead atoms. The Morgan fingerprint density at radius 2 is 2.00 bits per heavy atom. The molecule has 0 amide bonds. The van der Waals surface area contributed by atoms with Gasteiger partial charge in [-0.2, -0.15) is 0 Å². The summed E-state index contributed by atoms with van der Waals surface area (Å²) in [7, 11) is 0. The van der Waals surface area contributed by atoms with E-state index >= 15 is 0 Å². The number of rotatable bonds is 1. The molecule has 0 aliphatic heterocycles. The van der Waals surface area contributed by atoms with Crippen LogP contribution in [-0.4, -0.2) is 0 Å². The second-order valence-corrected chi connectivity index (χ2v) is 2.94. The SMILES string of the molecule is Cc1cc(C)c(CCl)c(F)c1. The van der Waals surface area contributed by atoms with Crippen molar-refractivity contribution >= 4 is 11.6 Å². The van der Waals surface area contributed by atoms with Crippen LogP contribution in [0.4, 0.5) is 4.39 Å². The zero-order valence-electron chi connectivity index (χ0n) is 6.62. The summed E-state index contributed by atoms with van der Waals surface area (Å²) in [6, 6.07) is 3.44. The fourth-order valence-corrected chi connectivity index (χ4v) is 1.45. The summed E-state index contributed by atoms with van der Waals surface area (Å²) in [5, 5.41) is 0. The van der Waals surface area contributed by atoms with Crippen molar-refractivity contribution < 1.29 is 4.39 Å². The smallest absolute Gasteiger partial charge is 0.128 e. The number of benzene rings is 1. The van der Waals surface area contributed by atoms with Crippen LogP contribution in [0.1, 0.15) is 16.7 Å². The lowest BCUT2D eigenvalue weighted by molar-refractivity contribution is 0.614. The van der Waals surface area contributed by atoms with Crippen LogP contribution in [-0.2, 0) is 5.88 Å². The molecule has 0 fully saturated rings. The molecule has 0 N–H and O–H groups in total. The van der Waals surface area contributed by atoms with Gasteiger partial charge in [0, 0.05) is 5.56 Å². The summed E-state index contributed by atoms with van der Waals surface area (Å²) < 4.78 is 13.0. The van der Waals surface area contributed by atoms with Crippen LogP contribution in [0.25, 0.3) is 0 Å². The third-order valence-electron chi connectivity index (χ3n) is 1.70. The van der Waals surface area contributed by atoms with Crippen molar-refractivity contribution in [3.05, 3.63) is 34.6 Å². The number of alkyl halides is 1. The van der Waals surface area contributed by atoms with Crippen molar-refractivity contribution in [3.8, 4) is 0 Å². The normalized spacial score (nSPS) is 10.2. The molecule has 0 aliphatic rings. The fourth-order valence-electron chi connectivity index (χ4n) is 1.11. The van der Waals surface area contributed by atoms with Crippen molar-refractivity contribution in [3.63, 3.8) is 0 Å². The number of hydrogen-bond acceptors (Lipinski definition) is 0. The summed E-state index contributed by atoms with van der Waals surface area (Å²) in [5.74, 6) is 0.0512. The van der Waals surface area contributed by atoms with Crippen LogP contribution in [0.3, 0.4) is 0 Å². The second-order valence-electron chi connectivity index (χ2n) is 2.68. The monoisotopic (exact) mass is 172 g/mol. The summed E-state index contributed by atoms with van der Waals surface area (Å²) in [6.45, 7) is 3.74. The lowest BCUT2D eigenvalue weighted by atomic mass is 10.1. The predicted octanol–water partition coefficient (Wildman–Crippen LogP) is 3.18. The van der Waals surface area contributed by atoms with Gasteiger partial charge in [-0.25, -0.2) is 4.39 Å². The maximum Gasteiger partial charge on any atom is 0.128 e. The molecule has 0 unspecified atom stereocenters. The molecule has 2 heteroatoms. The van der Waals surface area contributed by atoms with Gasteiger partial charge in [-0.15, -0.1) is 11.6 Å². The fraction of sp³-hybridized carbons (Fsp3) is 0.333. The average molecular weight is 173 g/mol. The van der Waals surface area contributed by atoms with E-state index in [4.69, 9.17) is 11.6 Å². The molecule has 0 saturated heterocycles. The van der Waals surface area contributed by atoms with E-state index in [0.29, 0.717) is 5.56 Å². The van der Waals surface area contributed by atoms with E-state index < -0.39 is 0 Å². The third kappa shape index (κ3) is 1.72. The van der Waals surface area contributed by atoms with Gasteiger partial charge in [-0.1, -0.05) is 6.07 Å². The maximum absolute atomic E-state index is 13.0. The molecule has 0 radical (unpaired) electrons. The summed E-state index contributed by atoms with van der Waals surface area (Å²) in [6.07, 6.45) is 0. The Morgan fingerprint density at radius 3 is 2.45 bits per heavy atom. The molecule has 0 saturated carbocycles. The topological polar surface area (TPSA) is 0 Å². The highest BCUT2D eigenvalue weighted by molar-refractivity contribution is 6.17. The number of hydrogen-bond donors (Lipinski definition) is 0. The largest absolute Gasteiger partial charge is 0.207 e. The van der Waals surface area contributed by atoms with Gasteiger partial charge in [0.15, 0.2) is 0 Å². The Bertz CT molecular complexity index is 245. The van der Waals surface area contributed by atoms with Crippen LogP contribution in [0.2, 0.25) is 0 Å². The van der Waals surface area contributed by atoms with E-state index in [0.717, 1.165) is 11.1 Å².